The number of nitrogens with one attached hydrogen (secondary N) is 1. The first-order chi connectivity index (χ1) is 21.0. The molecule has 5 rings (SSSR count). The third kappa shape index (κ3) is 7.80. The molecule has 3 aromatic rings. The van der Waals surface area contributed by atoms with Crippen LogP contribution in [-0.4, -0.2) is 78.9 Å². The van der Waals surface area contributed by atoms with Gasteiger partial charge in [0, 0.05) is 57.0 Å². The highest BCUT2D eigenvalue weighted by Crippen LogP contribution is 2.38. The number of hydrogen-bond donors (Lipinski definition) is 1. The van der Waals surface area contributed by atoms with Crippen molar-refractivity contribution in [3.05, 3.63) is 95.8 Å². The predicted octanol–water partition coefficient (Wildman–Crippen LogP) is 3.71. The number of likely N-dealkylation sites (tertiary alicyclic amines) is 1. The molecule has 2 aliphatic heterocycles. The van der Waals surface area contributed by atoms with Crippen molar-refractivity contribution in [2.45, 2.75) is 25.2 Å². The number of methoxy groups -OCH3 is 1. The van der Waals surface area contributed by atoms with Gasteiger partial charge in [-0.3, -0.25) is 19.4 Å². The Hall–Kier alpha value is -4.66. The summed E-state index contributed by atoms with van der Waals surface area (Å²) in [6.07, 6.45) is 8.40. The lowest BCUT2D eigenvalue weighted by molar-refractivity contribution is -0.130. The van der Waals surface area contributed by atoms with E-state index in [0.717, 1.165) is 16.7 Å². The van der Waals surface area contributed by atoms with E-state index < -0.39 is 5.92 Å². The number of rotatable bonds is 6. The average molecular weight is 583 g/mol. The third-order valence-electron chi connectivity index (χ3n) is 8.03. The fourth-order valence-electron chi connectivity index (χ4n) is 5.65. The second-order valence-electron chi connectivity index (χ2n) is 10.8. The zero-order valence-electron chi connectivity index (χ0n) is 24.5. The van der Waals surface area contributed by atoms with Gasteiger partial charge in [-0.25, -0.2) is 0 Å². The summed E-state index contributed by atoms with van der Waals surface area (Å²) < 4.78 is 11.7. The van der Waals surface area contributed by atoms with E-state index in [4.69, 9.17) is 9.47 Å². The molecule has 2 atom stereocenters. The molecular weight excluding hydrogens is 544 g/mol. The molecule has 2 aromatic carbocycles. The van der Waals surface area contributed by atoms with Crippen LogP contribution in [0.5, 0.6) is 11.5 Å². The van der Waals surface area contributed by atoms with Gasteiger partial charge < -0.3 is 24.6 Å². The van der Waals surface area contributed by atoms with E-state index in [1.807, 2.05) is 60.7 Å². The normalized spacial score (nSPS) is 19.2. The zero-order chi connectivity index (χ0) is 30.0. The Bertz CT molecular complexity index is 1430. The Morgan fingerprint density at radius 1 is 1.05 bits per heavy atom. The van der Waals surface area contributed by atoms with Crippen molar-refractivity contribution < 1.29 is 23.9 Å². The molecular formula is C34H38N4O5. The van der Waals surface area contributed by atoms with Crippen LogP contribution in [-0.2, 0) is 20.8 Å². The van der Waals surface area contributed by atoms with Crippen LogP contribution in [0.15, 0.2) is 79.1 Å². The summed E-state index contributed by atoms with van der Waals surface area (Å²) in [7, 11) is 1.58. The number of fused-ring (bicyclic) bond motifs is 4. The Morgan fingerprint density at radius 2 is 1.88 bits per heavy atom. The van der Waals surface area contributed by atoms with Gasteiger partial charge >= 0.3 is 0 Å². The number of carbonyl (C=O) groups is 3. The minimum Gasteiger partial charge on any atom is -0.493 e. The SMILES string of the molecule is COc1ccc2cc1OCCN(C(=O)/C=C/c1ccccc1)CCCNC(=O)[C@H]1CN(C(=O)CCc3cccnc3)C[C@H]21. The van der Waals surface area contributed by atoms with Gasteiger partial charge in [0.2, 0.25) is 17.7 Å². The molecule has 1 N–H and O–H groups in total. The number of pyridine rings is 1. The maximum absolute atomic E-state index is 13.5. The molecule has 9 nitrogen and oxygen atoms in total. The lowest BCUT2D eigenvalue weighted by Crippen LogP contribution is -2.39. The first-order valence-corrected chi connectivity index (χ1v) is 14.8. The summed E-state index contributed by atoms with van der Waals surface area (Å²) in [6.45, 7) is 2.35. The summed E-state index contributed by atoms with van der Waals surface area (Å²) in [5.41, 5.74) is 2.86. The lowest BCUT2D eigenvalue weighted by Gasteiger charge is -2.24. The van der Waals surface area contributed by atoms with Crippen LogP contribution < -0.4 is 14.8 Å². The number of ether oxygens (including phenoxy) is 2. The van der Waals surface area contributed by atoms with E-state index in [0.29, 0.717) is 63.5 Å². The van der Waals surface area contributed by atoms with E-state index in [1.54, 1.807) is 41.5 Å². The molecule has 1 aromatic heterocycles. The number of hydrogen-bond acceptors (Lipinski definition) is 6. The predicted molar refractivity (Wildman–Crippen MR) is 164 cm³/mol. The van der Waals surface area contributed by atoms with Gasteiger partial charge in [0.25, 0.3) is 0 Å². The molecule has 0 spiro atoms. The van der Waals surface area contributed by atoms with Gasteiger partial charge in [-0.15, -0.1) is 0 Å². The van der Waals surface area contributed by atoms with Crippen molar-refractivity contribution in [3.8, 4) is 11.5 Å². The quantitative estimate of drug-likeness (QED) is 0.445. The minimum absolute atomic E-state index is 0.0183. The molecule has 1 fully saturated rings. The standard InChI is InChI=1S/C34H38N4O5/c1-42-30-13-12-27-21-31(30)43-20-19-37(32(39)14-10-25-7-3-2-4-8-25)18-6-17-36-34(41)29-24-38(23-28(27)29)33(40)15-11-26-9-5-16-35-22-26/h2-5,7-10,12-14,16,21-22,28-29H,6,11,15,17-20,23-24H2,1H3,(H,36,41)/b14-10+/t28-,29+/m1/s1. The molecule has 1 saturated heterocycles. The number of benzene rings is 2. The monoisotopic (exact) mass is 582 g/mol. The molecule has 0 saturated carbocycles. The van der Waals surface area contributed by atoms with E-state index in [2.05, 4.69) is 10.3 Å². The second kappa shape index (κ2) is 14.5. The van der Waals surface area contributed by atoms with Crippen molar-refractivity contribution in [2.75, 3.05) is 46.4 Å². The smallest absolute Gasteiger partial charge is 0.246 e. The summed E-state index contributed by atoms with van der Waals surface area (Å²) >= 11 is 0. The summed E-state index contributed by atoms with van der Waals surface area (Å²) in [4.78, 5) is 47.5. The van der Waals surface area contributed by atoms with Gasteiger partial charge in [0.15, 0.2) is 11.5 Å². The molecule has 0 unspecified atom stereocenters. The van der Waals surface area contributed by atoms with Crippen molar-refractivity contribution in [1.29, 1.82) is 0 Å². The molecule has 2 bridgehead atoms. The summed E-state index contributed by atoms with van der Waals surface area (Å²) in [5.74, 6) is 0.334. The number of nitrogens with zero attached hydrogens (tertiary/aromatic N) is 3. The van der Waals surface area contributed by atoms with Crippen LogP contribution in [0, 0.1) is 5.92 Å². The van der Waals surface area contributed by atoms with Crippen molar-refractivity contribution >= 4 is 23.8 Å². The van der Waals surface area contributed by atoms with E-state index >= 15 is 0 Å². The summed E-state index contributed by atoms with van der Waals surface area (Å²) in [5, 5.41) is 3.08. The Morgan fingerprint density at radius 3 is 2.67 bits per heavy atom. The Balaban J connectivity index is 1.31. The van der Waals surface area contributed by atoms with Crippen LogP contribution in [0.1, 0.15) is 35.4 Å². The van der Waals surface area contributed by atoms with Gasteiger partial charge in [-0.1, -0.05) is 42.5 Å². The zero-order valence-corrected chi connectivity index (χ0v) is 24.5. The van der Waals surface area contributed by atoms with Gasteiger partial charge in [0.1, 0.15) is 6.61 Å². The van der Waals surface area contributed by atoms with Crippen molar-refractivity contribution in [3.63, 3.8) is 0 Å². The first-order valence-electron chi connectivity index (χ1n) is 14.8. The fraction of sp³-hybridized carbons (Fsp3) is 0.353. The molecule has 0 aliphatic carbocycles. The largest absolute Gasteiger partial charge is 0.493 e. The number of aryl methyl sites for hydroxylation is 1. The first kappa shape index (κ1) is 29.8. The molecule has 224 valence electrons. The van der Waals surface area contributed by atoms with Crippen LogP contribution in [0.4, 0.5) is 0 Å². The fourth-order valence-corrected chi connectivity index (χ4v) is 5.65. The molecule has 2 aliphatic rings. The van der Waals surface area contributed by atoms with Crippen LogP contribution in [0.3, 0.4) is 0 Å². The molecule has 9 heteroatoms. The Labute approximate surface area is 252 Å². The van der Waals surface area contributed by atoms with Crippen LogP contribution in [0.25, 0.3) is 6.08 Å². The molecule has 0 radical (unpaired) electrons. The maximum Gasteiger partial charge on any atom is 0.246 e. The van der Waals surface area contributed by atoms with E-state index in [1.165, 1.54) is 0 Å². The number of aromatic nitrogens is 1. The van der Waals surface area contributed by atoms with Gasteiger partial charge in [-0.2, -0.15) is 0 Å². The van der Waals surface area contributed by atoms with Crippen molar-refractivity contribution in [2.24, 2.45) is 5.92 Å². The van der Waals surface area contributed by atoms with Crippen molar-refractivity contribution in [1.82, 2.24) is 20.1 Å². The van der Waals surface area contributed by atoms with Gasteiger partial charge in [-0.05, 0) is 53.8 Å². The van der Waals surface area contributed by atoms with Crippen LogP contribution in [0.2, 0.25) is 0 Å². The van der Waals surface area contributed by atoms with Gasteiger partial charge in [0.05, 0.1) is 19.6 Å². The number of carbonyl (C=O) groups excluding carboxylic acids is 3. The average Bonchev–Trinajstić information content (AvgIpc) is 3.50. The Kier molecular flexibility index (Phi) is 10.0. The van der Waals surface area contributed by atoms with E-state index in [9.17, 15) is 14.4 Å². The second-order valence-corrected chi connectivity index (χ2v) is 10.8. The molecule has 3 amide bonds. The molecule has 43 heavy (non-hydrogen) atoms. The highest BCUT2D eigenvalue weighted by Gasteiger charge is 2.40. The summed E-state index contributed by atoms with van der Waals surface area (Å²) in [6, 6.07) is 19.2. The third-order valence-corrected chi connectivity index (χ3v) is 8.03. The highest BCUT2D eigenvalue weighted by atomic mass is 16.5. The van der Waals surface area contributed by atoms with Crippen LogP contribution >= 0.6 is 0 Å². The molecule has 3 heterocycles. The topological polar surface area (TPSA) is 101 Å². The number of amides is 3. The van der Waals surface area contributed by atoms with E-state index in [-0.39, 0.29) is 30.2 Å². The minimum atomic E-state index is -0.405. The lowest BCUT2D eigenvalue weighted by atomic mass is 9.88. The highest BCUT2D eigenvalue weighted by molar-refractivity contribution is 5.91. The maximum atomic E-state index is 13.5.